The van der Waals surface area contributed by atoms with Gasteiger partial charge in [0.05, 0.1) is 5.69 Å². The van der Waals surface area contributed by atoms with Crippen LogP contribution in [0, 0.1) is 20.8 Å². The minimum atomic E-state index is 0.0507. The molecule has 2 aliphatic rings. The molecule has 0 saturated carbocycles. The second-order valence-electron chi connectivity index (χ2n) is 14.2. The number of likely N-dealkylation sites (tertiary alicyclic amines) is 1. The normalized spacial score (nSPS) is 13.9. The predicted octanol–water partition coefficient (Wildman–Crippen LogP) is 9.14. The molecule has 2 aromatic rings. The molecule has 1 amide bonds. The second-order valence-corrected chi connectivity index (χ2v) is 14.2. The number of amides is 1. The van der Waals surface area contributed by atoms with E-state index in [0.29, 0.717) is 18.2 Å². The number of carbonyl (C=O) groups is 2. The number of hydrogen-bond acceptors (Lipinski definition) is 9. The Bertz CT molecular complexity index is 1240. The van der Waals surface area contributed by atoms with E-state index in [4.69, 9.17) is 15.3 Å². The van der Waals surface area contributed by atoms with Crippen LogP contribution < -0.4 is 16.2 Å². The summed E-state index contributed by atoms with van der Waals surface area (Å²) in [4.78, 5) is 27.8. The van der Waals surface area contributed by atoms with Gasteiger partial charge in [0.1, 0.15) is 6.61 Å². The molecule has 3 N–H and O–H groups in total. The highest BCUT2D eigenvalue weighted by atomic mass is 16.5. The molecule has 2 saturated heterocycles. The van der Waals surface area contributed by atoms with Crippen molar-refractivity contribution in [1.82, 2.24) is 14.7 Å². The fourth-order valence-corrected chi connectivity index (χ4v) is 7.01. The van der Waals surface area contributed by atoms with E-state index in [1.165, 1.54) is 67.6 Å². The second kappa shape index (κ2) is 33.5. The standard InChI is InChI=1S/C13H22N2O3.C12H20N2.C12H25NO.C7H9N.C2H6/c1-3-6-15(11-17)13-4-7-14(8-5-13)12(2)18-10-9-16;1-5-6-14(13)12-10(3)7-9(2)8-11(12)4;1-3-5-9-13(8-4-2)12-6-10-14-11-7-12;1-8-7-5-3-2-4-6-7;1-2/h9,11,13H,2-8,10H2,1H3;7-8H,5-6,13H2,1-4H3;12H,3-11H2,1-2H3;2-6,8H,1H3;1-2H3. The lowest BCUT2D eigenvalue weighted by Gasteiger charge is -2.37. The molecular weight excluding hydrogens is 701 g/mol. The highest BCUT2D eigenvalue weighted by molar-refractivity contribution is 5.59. The zero-order valence-electron chi connectivity index (χ0n) is 37.3. The minimum Gasteiger partial charge on any atom is -0.472 e. The third kappa shape index (κ3) is 21.6. The largest absolute Gasteiger partial charge is 0.472 e. The number of anilines is 2. The Labute approximate surface area is 343 Å². The minimum absolute atomic E-state index is 0.0507. The number of para-hydroxylation sites is 1. The molecule has 0 unspecified atom stereocenters. The Balaban J connectivity index is 0.000000729. The third-order valence-electron chi connectivity index (χ3n) is 9.69. The fourth-order valence-electron chi connectivity index (χ4n) is 7.01. The molecule has 0 bridgehead atoms. The highest BCUT2D eigenvalue weighted by Crippen LogP contribution is 2.24. The van der Waals surface area contributed by atoms with Gasteiger partial charge in [-0.2, -0.15) is 0 Å². The average Bonchev–Trinajstić information content (AvgIpc) is 3.22. The van der Waals surface area contributed by atoms with Crippen molar-refractivity contribution in [2.24, 2.45) is 5.84 Å². The summed E-state index contributed by atoms with van der Waals surface area (Å²) in [5.74, 6) is 6.54. The Morgan fingerprint density at radius 1 is 0.857 bits per heavy atom. The van der Waals surface area contributed by atoms with E-state index < -0.39 is 0 Å². The number of nitrogens with one attached hydrogen (secondary N) is 1. The summed E-state index contributed by atoms with van der Waals surface area (Å²) < 4.78 is 10.6. The molecule has 2 aromatic carbocycles. The first-order chi connectivity index (χ1) is 27.1. The van der Waals surface area contributed by atoms with Crippen LogP contribution in [0.4, 0.5) is 11.4 Å². The van der Waals surface area contributed by atoms with E-state index in [9.17, 15) is 9.59 Å². The molecule has 10 heteroatoms. The molecule has 2 fully saturated rings. The van der Waals surface area contributed by atoms with Crippen LogP contribution in [0.1, 0.15) is 116 Å². The van der Waals surface area contributed by atoms with Crippen molar-refractivity contribution in [3.8, 4) is 0 Å². The van der Waals surface area contributed by atoms with Crippen LogP contribution in [0.3, 0.4) is 0 Å². The Morgan fingerprint density at radius 2 is 1.43 bits per heavy atom. The predicted molar refractivity (Wildman–Crippen MR) is 239 cm³/mol. The number of nitrogens with zero attached hydrogens (tertiary/aromatic N) is 4. The van der Waals surface area contributed by atoms with Gasteiger partial charge in [-0.3, -0.25) is 9.59 Å². The molecule has 2 aliphatic heterocycles. The lowest BCUT2D eigenvalue weighted by molar-refractivity contribution is -0.121. The zero-order valence-corrected chi connectivity index (χ0v) is 37.3. The van der Waals surface area contributed by atoms with E-state index >= 15 is 0 Å². The molecule has 0 radical (unpaired) electrons. The molecule has 2 heterocycles. The number of unbranched alkanes of at least 4 members (excludes halogenated alkanes) is 1. The van der Waals surface area contributed by atoms with Gasteiger partial charge in [0.25, 0.3) is 0 Å². The first-order valence-corrected chi connectivity index (χ1v) is 21.5. The summed E-state index contributed by atoms with van der Waals surface area (Å²) in [5.41, 5.74) is 6.16. The molecule has 10 nitrogen and oxygen atoms in total. The Kier molecular flexibility index (Phi) is 31.4. The van der Waals surface area contributed by atoms with Gasteiger partial charge in [0.15, 0.2) is 12.2 Å². The van der Waals surface area contributed by atoms with Crippen molar-refractivity contribution < 1.29 is 19.1 Å². The molecule has 0 aromatic heterocycles. The van der Waals surface area contributed by atoms with Crippen LogP contribution >= 0.6 is 0 Å². The molecule has 320 valence electrons. The van der Waals surface area contributed by atoms with Gasteiger partial charge in [-0.1, -0.05) is 83.9 Å². The monoisotopic (exact) mass is 783 g/mol. The third-order valence-corrected chi connectivity index (χ3v) is 9.69. The fraction of sp³-hybridized carbons (Fsp3) is 0.652. The van der Waals surface area contributed by atoms with Gasteiger partial charge in [0.2, 0.25) is 6.41 Å². The molecule has 4 rings (SSSR count). The number of carbonyl (C=O) groups excluding carboxylic acids is 2. The molecule has 0 atom stereocenters. The number of piperidine rings is 1. The van der Waals surface area contributed by atoms with Crippen molar-refractivity contribution in [3.05, 3.63) is 71.6 Å². The summed E-state index contributed by atoms with van der Waals surface area (Å²) in [5, 5.41) is 4.88. The summed E-state index contributed by atoms with van der Waals surface area (Å²) in [6, 6.07) is 15.5. The van der Waals surface area contributed by atoms with Crippen molar-refractivity contribution in [1.29, 1.82) is 0 Å². The zero-order chi connectivity index (χ0) is 42.1. The summed E-state index contributed by atoms with van der Waals surface area (Å²) in [7, 11) is 1.91. The number of aldehydes is 1. The van der Waals surface area contributed by atoms with Gasteiger partial charge in [-0.25, -0.2) is 5.84 Å². The lowest BCUT2D eigenvalue weighted by Crippen LogP contribution is -2.44. The number of benzene rings is 2. The summed E-state index contributed by atoms with van der Waals surface area (Å²) in [6.45, 7) is 30.8. The Hall–Kier alpha value is -3.60. The topological polar surface area (TPSA) is 104 Å². The number of ether oxygens (including phenoxy) is 2. The van der Waals surface area contributed by atoms with E-state index in [1.807, 2.05) is 66.0 Å². The maximum atomic E-state index is 11.0. The van der Waals surface area contributed by atoms with E-state index in [-0.39, 0.29) is 6.61 Å². The number of hydrazine groups is 1. The van der Waals surface area contributed by atoms with Crippen LogP contribution in [0.2, 0.25) is 0 Å². The SMILES string of the molecule is C=C(OCC=O)N1CCC(N(C=O)CCC)CC1.CC.CCCCN(CCC)C1CCOCC1.CCCN(N)c1c(C)cc(C)cc1C.CNc1ccccc1. The molecule has 0 spiro atoms. The van der Waals surface area contributed by atoms with Gasteiger partial charge in [-0.05, 0) is 115 Å². The van der Waals surface area contributed by atoms with Gasteiger partial charge >= 0.3 is 0 Å². The number of hydrogen-bond donors (Lipinski definition) is 2. The first-order valence-electron chi connectivity index (χ1n) is 21.5. The maximum Gasteiger partial charge on any atom is 0.209 e. The lowest BCUT2D eigenvalue weighted by atomic mass is 10.0. The van der Waals surface area contributed by atoms with Gasteiger partial charge in [-0.15, -0.1) is 0 Å². The highest BCUT2D eigenvalue weighted by Gasteiger charge is 2.24. The van der Waals surface area contributed by atoms with Gasteiger partial charge in [0, 0.05) is 64.2 Å². The smallest absolute Gasteiger partial charge is 0.209 e. The molecule has 0 aliphatic carbocycles. The maximum absolute atomic E-state index is 11.0. The first kappa shape index (κ1) is 52.4. The molecular formula is C46H82N6O4. The van der Waals surface area contributed by atoms with Crippen LogP contribution in [0.15, 0.2) is 54.9 Å². The van der Waals surface area contributed by atoms with Crippen molar-refractivity contribution >= 4 is 24.1 Å². The van der Waals surface area contributed by atoms with Crippen molar-refractivity contribution in [2.45, 2.75) is 132 Å². The van der Waals surface area contributed by atoms with Crippen molar-refractivity contribution in [2.75, 3.05) is 76.5 Å². The van der Waals surface area contributed by atoms with Crippen molar-refractivity contribution in [3.63, 3.8) is 0 Å². The summed E-state index contributed by atoms with van der Waals surface area (Å²) >= 11 is 0. The van der Waals surface area contributed by atoms with Crippen LogP contribution in [-0.2, 0) is 19.1 Å². The van der Waals surface area contributed by atoms with Gasteiger partial charge < -0.3 is 34.5 Å². The average molecular weight is 783 g/mol. The van der Waals surface area contributed by atoms with Crippen LogP contribution in [0.25, 0.3) is 0 Å². The van der Waals surface area contributed by atoms with Crippen LogP contribution in [-0.4, -0.2) is 106 Å². The Morgan fingerprint density at radius 3 is 1.89 bits per heavy atom. The van der Waals surface area contributed by atoms with E-state index in [2.05, 4.69) is 77.4 Å². The quantitative estimate of drug-likeness (QED) is 0.0664. The molecule has 56 heavy (non-hydrogen) atoms. The number of rotatable bonds is 18. The van der Waals surface area contributed by atoms with E-state index in [0.717, 1.165) is 83.2 Å². The van der Waals surface area contributed by atoms with E-state index in [1.54, 1.807) is 0 Å². The number of nitrogens with two attached hydrogens (primary N) is 1. The summed E-state index contributed by atoms with van der Waals surface area (Å²) in [6.07, 6.45) is 12.0. The van der Waals surface area contributed by atoms with Crippen LogP contribution in [0.5, 0.6) is 0 Å². The number of aryl methyl sites for hydroxylation is 3.